The fraction of sp³-hybridized carbons (Fsp3) is 0.533. The molecule has 0 saturated carbocycles. The Hall–Kier alpha value is -2.13. The fourth-order valence-corrected chi connectivity index (χ4v) is 3.32. The van der Waals surface area contributed by atoms with Gasteiger partial charge in [-0.2, -0.15) is 10.2 Å². The van der Waals surface area contributed by atoms with Crippen LogP contribution in [0.5, 0.6) is 0 Å². The number of hydrogen-bond donors (Lipinski definition) is 0. The summed E-state index contributed by atoms with van der Waals surface area (Å²) >= 11 is 0. The lowest BCUT2D eigenvalue weighted by Gasteiger charge is -2.30. The molecule has 3 aliphatic heterocycles. The summed E-state index contributed by atoms with van der Waals surface area (Å²) in [5.41, 5.74) is 2.45. The highest BCUT2D eigenvalue weighted by Crippen LogP contribution is 2.29. The Labute approximate surface area is 123 Å². The van der Waals surface area contributed by atoms with Gasteiger partial charge >= 0.3 is 0 Å². The molecule has 6 nitrogen and oxygen atoms in total. The number of rotatable bonds is 1. The first-order chi connectivity index (χ1) is 10.2. The third-order valence-electron chi connectivity index (χ3n) is 4.58. The molecule has 0 spiro atoms. The summed E-state index contributed by atoms with van der Waals surface area (Å²) in [7, 11) is 0. The molecule has 5 heterocycles. The van der Waals surface area contributed by atoms with Crippen LogP contribution in [0, 0.1) is 18.3 Å². The van der Waals surface area contributed by atoms with Gasteiger partial charge in [-0.15, -0.1) is 0 Å². The molecule has 0 aromatic carbocycles. The van der Waals surface area contributed by atoms with Crippen molar-refractivity contribution in [1.29, 1.82) is 5.26 Å². The van der Waals surface area contributed by atoms with Gasteiger partial charge in [0.15, 0.2) is 5.58 Å². The topological polar surface area (TPSA) is 69.2 Å². The standard InChI is InChI=1S/C15H17N5O/c1-10-11(9-16)8-13-14(17-10)18-15(21-13)20-7-6-19-4-2-12(20)3-5-19/h8,12H,2-7H2,1H3. The van der Waals surface area contributed by atoms with E-state index in [1.807, 2.05) is 6.92 Å². The summed E-state index contributed by atoms with van der Waals surface area (Å²) in [6.45, 7) is 6.16. The van der Waals surface area contributed by atoms with Crippen LogP contribution in [0.25, 0.3) is 11.2 Å². The molecule has 3 aliphatic rings. The molecule has 0 aliphatic carbocycles. The zero-order valence-electron chi connectivity index (χ0n) is 12.0. The lowest BCUT2D eigenvalue weighted by molar-refractivity contribution is 0.249. The van der Waals surface area contributed by atoms with Gasteiger partial charge in [0, 0.05) is 38.3 Å². The zero-order chi connectivity index (χ0) is 14.4. The Bertz CT molecular complexity index is 723. The van der Waals surface area contributed by atoms with Crippen molar-refractivity contribution >= 4 is 17.2 Å². The van der Waals surface area contributed by atoms with Gasteiger partial charge in [-0.1, -0.05) is 0 Å². The largest absolute Gasteiger partial charge is 0.422 e. The van der Waals surface area contributed by atoms with Crippen molar-refractivity contribution in [2.75, 3.05) is 31.1 Å². The molecule has 0 amide bonds. The van der Waals surface area contributed by atoms with Gasteiger partial charge in [0.25, 0.3) is 6.01 Å². The SMILES string of the molecule is Cc1nc2nc(N3CCN4CCC3CC4)oc2cc1C#N. The first-order valence-corrected chi connectivity index (χ1v) is 7.42. The second kappa shape index (κ2) is 4.71. The van der Waals surface area contributed by atoms with E-state index in [0.29, 0.717) is 34.5 Å². The van der Waals surface area contributed by atoms with E-state index in [9.17, 15) is 0 Å². The minimum Gasteiger partial charge on any atom is -0.422 e. The van der Waals surface area contributed by atoms with E-state index < -0.39 is 0 Å². The molecular formula is C15H17N5O. The Morgan fingerprint density at radius 1 is 1.24 bits per heavy atom. The number of aryl methyl sites for hydroxylation is 1. The predicted octanol–water partition coefficient (Wildman–Crippen LogP) is 1.69. The molecule has 2 aromatic heterocycles. The van der Waals surface area contributed by atoms with Crippen LogP contribution in [0.1, 0.15) is 24.1 Å². The van der Waals surface area contributed by atoms with Crippen molar-refractivity contribution in [3.63, 3.8) is 0 Å². The van der Waals surface area contributed by atoms with Gasteiger partial charge in [0.2, 0.25) is 5.65 Å². The number of anilines is 1. The van der Waals surface area contributed by atoms with Crippen LogP contribution < -0.4 is 4.90 Å². The summed E-state index contributed by atoms with van der Waals surface area (Å²) in [6.07, 6.45) is 2.32. The highest BCUT2D eigenvalue weighted by molar-refractivity contribution is 5.72. The number of aromatic nitrogens is 2. The summed E-state index contributed by atoms with van der Waals surface area (Å²) in [5, 5.41) is 9.09. The van der Waals surface area contributed by atoms with Gasteiger partial charge in [-0.05, 0) is 19.8 Å². The van der Waals surface area contributed by atoms with Gasteiger partial charge in [-0.3, -0.25) is 0 Å². The second-order valence-electron chi connectivity index (χ2n) is 5.82. The van der Waals surface area contributed by atoms with Crippen LogP contribution in [-0.2, 0) is 0 Å². The highest BCUT2D eigenvalue weighted by Gasteiger charge is 2.31. The van der Waals surface area contributed by atoms with Crippen molar-refractivity contribution < 1.29 is 4.42 Å². The fourth-order valence-electron chi connectivity index (χ4n) is 3.32. The molecule has 0 unspecified atom stereocenters. The molecule has 2 bridgehead atoms. The number of pyridine rings is 1. The lowest BCUT2D eigenvalue weighted by atomic mass is 10.1. The van der Waals surface area contributed by atoms with E-state index in [1.54, 1.807) is 6.07 Å². The van der Waals surface area contributed by atoms with Crippen molar-refractivity contribution in [2.24, 2.45) is 0 Å². The average molecular weight is 283 g/mol. The maximum Gasteiger partial charge on any atom is 0.300 e. The van der Waals surface area contributed by atoms with E-state index in [1.165, 1.54) is 0 Å². The number of nitriles is 1. The first-order valence-electron chi connectivity index (χ1n) is 7.42. The molecule has 0 atom stereocenters. The molecule has 3 saturated heterocycles. The monoisotopic (exact) mass is 283 g/mol. The average Bonchev–Trinajstić information content (AvgIpc) is 2.68. The predicted molar refractivity (Wildman–Crippen MR) is 78.1 cm³/mol. The number of nitrogens with zero attached hydrogens (tertiary/aromatic N) is 5. The molecule has 0 N–H and O–H groups in total. The summed E-state index contributed by atoms with van der Waals surface area (Å²) in [5.74, 6) is 0. The summed E-state index contributed by atoms with van der Waals surface area (Å²) < 4.78 is 5.89. The molecule has 3 fully saturated rings. The number of oxazole rings is 1. The number of fused-ring (bicyclic) bond motifs is 5. The van der Waals surface area contributed by atoms with Crippen LogP contribution in [-0.4, -0.2) is 47.1 Å². The van der Waals surface area contributed by atoms with Crippen LogP contribution in [0.15, 0.2) is 10.5 Å². The van der Waals surface area contributed by atoms with Crippen LogP contribution in [0.2, 0.25) is 0 Å². The Morgan fingerprint density at radius 2 is 2.05 bits per heavy atom. The van der Waals surface area contributed by atoms with Gasteiger partial charge in [0.05, 0.1) is 11.3 Å². The minimum absolute atomic E-state index is 0.508. The molecule has 21 heavy (non-hydrogen) atoms. The van der Waals surface area contributed by atoms with Crippen LogP contribution in [0.4, 0.5) is 6.01 Å². The number of piperidine rings is 1. The summed E-state index contributed by atoms with van der Waals surface area (Å²) in [4.78, 5) is 13.7. The van der Waals surface area contributed by atoms with Gasteiger partial charge < -0.3 is 14.2 Å². The number of hydrogen-bond acceptors (Lipinski definition) is 6. The molecule has 108 valence electrons. The van der Waals surface area contributed by atoms with Crippen LogP contribution >= 0.6 is 0 Å². The normalized spacial score (nSPS) is 25.0. The van der Waals surface area contributed by atoms with Crippen molar-refractivity contribution in [1.82, 2.24) is 14.9 Å². The molecule has 2 aromatic rings. The molecule has 5 rings (SSSR count). The van der Waals surface area contributed by atoms with E-state index in [2.05, 4.69) is 25.8 Å². The van der Waals surface area contributed by atoms with E-state index in [4.69, 9.17) is 9.68 Å². The first kappa shape index (κ1) is 12.6. The third kappa shape index (κ3) is 2.05. The summed E-state index contributed by atoms with van der Waals surface area (Å²) in [6, 6.07) is 5.05. The van der Waals surface area contributed by atoms with E-state index >= 15 is 0 Å². The maximum absolute atomic E-state index is 9.09. The van der Waals surface area contributed by atoms with Gasteiger partial charge in [0.1, 0.15) is 6.07 Å². The quantitative estimate of drug-likeness (QED) is 0.793. The zero-order valence-corrected chi connectivity index (χ0v) is 12.0. The van der Waals surface area contributed by atoms with Crippen LogP contribution in [0.3, 0.4) is 0 Å². The second-order valence-corrected chi connectivity index (χ2v) is 5.82. The maximum atomic E-state index is 9.09. The Morgan fingerprint density at radius 3 is 2.81 bits per heavy atom. The Kier molecular flexibility index (Phi) is 2.82. The lowest BCUT2D eigenvalue weighted by Crippen LogP contribution is -2.38. The molecule has 6 heteroatoms. The third-order valence-corrected chi connectivity index (χ3v) is 4.58. The van der Waals surface area contributed by atoms with Crippen molar-refractivity contribution in [2.45, 2.75) is 25.8 Å². The minimum atomic E-state index is 0.508. The molecule has 0 radical (unpaired) electrons. The van der Waals surface area contributed by atoms with Crippen molar-refractivity contribution in [3.8, 4) is 6.07 Å². The smallest absolute Gasteiger partial charge is 0.300 e. The Balaban J connectivity index is 1.75. The highest BCUT2D eigenvalue weighted by atomic mass is 16.4. The van der Waals surface area contributed by atoms with E-state index in [-0.39, 0.29) is 0 Å². The molecular weight excluding hydrogens is 266 g/mol. The van der Waals surface area contributed by atoms with Gasteiger partial charge in [-0.25, -0.2) is 4.98 Å². The van der Waals surface area contributed by atoms with Crippen molar-refractivity contribution in [3.05, 3.63) is 17.3 Å². The van der Waals surface area contributed by atoms with E-state index in [0.717, 1.165) is 39.0 Å².